The topological polar surface area (TPSA) is 38.3 Å². The van der Waals surface area contributed by atoms with E-state index in [9.17, 15) is 17.4 Å². The second kappa shape index (κ2) is 6.91. The molecular formula is C12H16F3NO2S. The number of halogens is 3. The van der Waals surface area contributed by atoms with Gasteiger partial charge in [0.15, 0.2) is 0 Å². The number of alkyl halides is 3. The lowest BCUT2D eigenvalue weighted by molar-refractivity contribution is -0.274. The Morgan fingerprint density at radius 1 is 1.42 bits per heavy atom. The second-order valence-corrected chi connectivity index (χ2v) is 5.94. The minimum Gasteiger partial charge on any atom is -0.406 e. The van der Waals surface area contributed by atoms with E-state index in [1.54, 1.807) is 12.3 Å². The van der Waals surface area contributed by atoms with E-state index in [-0.39, 0.29) is 11.0 Å². The maximum atomic E-state index is 12.0. The molecule has 0 radical (unpaired) electrons. The summed E-state index contributed by atoms with van der Waals surface area (Å²) in [5.74, 6) is -0.237. The van der Waals surface area contributed by atoms with Crippen molar-refractivity contribution in [3.63, 3.8) is 0 Å². The summed E-state index contributed by atoms with van der Waals surface area (Å²) in [4.78, 5) is 0. The number of nitrogens with one attached hydrogen (secondary N) is 1. The third kappa shape index (κ3) is 6.58. The molecule has 2 unspecified atom stereocenters. The lowest BCUT2D eigenvalue weighted by Gasteiger charge is -2.12. The molecule has 0 heterocycles. The lowest BCUT2D eigenvalue weighted by atomic mass is 10.2. The van der Waals surface area contributed by atoms with E-state index in [2.05, 4.69) is 10.1 Å². The number of rotatable bonds is 6. The van der Waals surface area contributed by atoms with Gasteiger partial charge in [0.05, 0.1) is 0 Å². The Morgan fingerprint density at radius 3 is 2.68 bits per heavy atom. The highest BCUT2D eigenvalue weighted by Gasteiger charge is 2.31. The van der Waals surface area contributed by atoms with Gasteiger partial charge in [-0.05, 0) is 24.6 Å². The van der Waals surface area contributed by atoms with Crippen LogP contribution >= 0.6 is 0 Å². The predicted molar refractivity (Wildman–Crippen MR) is 68.4 cm³/mol. The molecule has 0 bridgehead atoms. The summed E-state index contributed by atoms with van der Waals surface area (Å²) in [6, 6.07) is 5.78. The Bertz CT molecular complexity index is 437. The zero-order valence-electron chi connectivity index (χ0n) is 10.7. The third-order valence-electron chi connectivity index (χ3n) is 2.46. The molecule has 7 heteroatoms. The van der Waals surface area contributed by atoms with Crippen LogP contribution in [-0.2, 0) is 17.3 Å². The van der Waals surface area contributed by atoms with Gasteiger partial charge in [-0.1, -0.05) is 12.1 Å². The number of benzene rings is 1. The molecule has 1 rings (SSSR count). The molecule has 1 N–H and O–H groups in total. The van der Waals surface area contributed by atoms with Crippen LogP contribution in [0.25, 0.3) is 0 Å². The molecule has 3 nitrogen and oxygen atoms in total. The normalized spacial score (nSPS) is 15.0. The van der Waals surface area contributed by atoms with Gasteiger partial charge in [0.1, 0.15) is 5.75 Å². The van der Waals surface area contributed by atoms with Crippen LogP contribution in [0.15, 0.2) is 24.3 Å². The summed E-state index contributed by atoms with van der Waals surface area (Å²) >= 11 is 0. The fourth-order valence-electron chi connectivity index (χ4n) is 1.39. The van der Waals surface area contributed by atoms with E-state index in [1.165, 1.54) is 18.2 Å². The van der Waals surface area contributed by atoms with E-state index in [1.807, 2.05) is 6.92 Å². The van der Waals surface area contributed by atoms with Crippen molar-refractivity contribution < 1.29 is 22.1 Å². The van der Waals surface area contributed by atoms with E-state index in [0.29, 0.717) is 18.7 Å². The van der Waals surface area contributed by atoms with Crippen molar-refractivity contribution in [1.29, 1.82) is 0 Å². The average molecular weight is 295 g/mol. The van der Waals surface area contributed by atoms with Crippen molar-refractivity contribution in [2.45, 2.75) is 25.1 Å². The maximum Gasteiger partial charge on any atom is 0.573 e. The first-order valence-electron chi connectivity index (χ1n) is 5.65. The van der Waals surface area contributed by atoms with Gasteiger partial charge in [-0.15, -0.1) is 13.2 Å². The van der Waals surface area contributed by atoms with Crippen molar-refractivity contribution in [1.82, 2.24) is 5.32 Å². The molecular weight excluding hydrogens is 279 g/mol. The second-order valence-electron chi connectivity index (χ2n) is 4.14. The number of ether oxygens (including phenoxy) is 1. The van der Waals surface area contributed by atoms with Crippen LogP contribution in [0, 0.1) is 0 Å². The molecule has 19 heavy (non-hydrogen) atoms. The molecule has 2 atom stereocenters. The molecule has 0 aliphatic rings. The highest BCUT2D eigenvalue weighted by Crippen LogP contribution is 2.23. The van der Waals surface area contributed by atoms with Crippen LogP contribution < -0.4 is 10.1 Å². The highest BCUT2D eigenvalue weighted by atomic mass is 32.2. The number of hydrogen-bond donors (Lipinski definition) is 1. The van der Waals surface area contributed by atoms with Crippen molar-refractivity contribution in [3.05, 3.63) is 29.8 Å². The molecule has 0 aliphatic carbocycles. The third-order valence-corrected chi connectivity index (χ3v) is 3.76. The van der Waals surface area contributed by atoms with Crippen LogP contribution in [0.1, 0.15) is 12.5 Å². The summed E-state index contributed by atoms with van der Waals surface area (Å²) in [5.41, 5.74) is 0.677. The van der Waals surface area contributed by atoms with Crippen molar-refractivity contribution in [2.75, 3.05) is 12.8 Å². The minimum atomic E-state index is -4.68. The monoisotopic (exact) mass is 295 g/mol. The Morgan fingerprint density at radius 2 is 2.11 bits per heavy atom. The van der Waals surface area contributed by atoms with E-state index >= 15 is 0 Å². The molecule has 1 aromatic carbocycles. The largest absolute Gasteiger partial charge is 0.573 e. The summed E-state index contributed by atoms with van der Waals surface area (Å²) in [6.45, 7) is 2.77. The molecule has 0 aliphatic heterocycles. The fraction of sp³-hybridized carbons (Fsp3) is 0.500. The lowest BCUT2D eigenvalue weighted by Crippen LogP contribution is -2.27. The Kier molecular flexibility index (Phi) is 5.81. The standard InChI is InChI=1S/C12H16F3NO2S/c1-9(19(2)17)7-16-8-10-4-3-5-11(6-10)18-12(13,14)15/h3-6,9,16H,7-8H2,1-2H3. The zero-order chi connectivity index (χ0) is 14.5. The predicted octanol–water partition coefficient (Wildman–Crippen LogP) is 2.44. The molecule has 1 aromatic rings. The molecule has 0 amide bonds. The van der Waals surface area contributed by atoms with Gasteiger partial charge >= 0.3 is 6.36 Å². The van der Waals surface area contributed by atoms with Crippen molar-refractivity contribution >= 4 is 10.8 Å². The zero-order valence-corrected chi connectivity index (χ0v) is 11.5. The summed E-state index contributed by atoms with van der Waals surface area (Å²) in [6.07, 6.45) is -3.07. The number of hydrogen-bond acceptors (Lipinski definition) is 3. The Balaban J connectivity index is 2.51. The van der Waals surface area contributed by atoms with Gasteiger partial charge in [-0.25, -0.2) is 0 Å². The van der Waals surface area contributed by atoms with Crippen LogP contribution in [0.4, 0.5) is 13.2 Å². The van der Waals surface area contributed by atoms with Gasteiger partial charge in [0.2, 0.25) is 0 Å². The SMILES string of the molecule is CC(CNCc1cccc(OC(F)(F)F)c1)S(C)=O. The molecule has 108 valence electrons. The van der Waals surface area contributed by atoms with Crippen LogP contribution in [0.5, 0.6) is 5.75 Å². The van der Waals surface area contributed by atoms with Gasteiger partial charge in [0, 0.05) is 35.4 Å². The molecule has 0 spiro atoms. The van der Waals surface area contributed by atoms with E-state index < -0.39 is 17.2 Å². The first-order valence-corrected chi connectivity index (χ1v) is 7.27. The summed E-state index contributed by atoms with van der Waals surface area (Å²) in [5, 5.41) is 3.04. The average Bonchev–Trinajstić information content (AvgIpc) is 2.26. The molecule has 0 aromatic heterocycles. The fourth-order valence-corrected chi connectivity index (χ4v) is 1.74. The van der Waals surface area contributed by atoms with Gasteiger partial charge in [-0.2, -0.15) is 0 Å². The Labute approximate surface area is 112 Å². The first-order chi connectivity index (χ1) is 8.78. The van der Waals surface area contributed by atoms with E-state index in [0.717, 1.165) is 0 Å². The molecule has 0 saturated heterocycles. The van der Waals surface area contributed by atoms with Crippen molar-refractivity contribution in [2.24, 2.45) is 0 Å². The van der Waals surface area contributed by atoms with Crippen LogP contribution in [0.3, 0.4) is 0 Å². The van der Waals surface area contributed by atoms with E-state index in [4.69, 9.17) is 0 Å². The maximum absolute atomic E-state index is 12.0. The van der Waals surface area contributed by atoms with Gasteiger partial charge < -0.3 is 10.1 Å². The van der Waals surface area contributed by atoms with Crippen LogP contribution in [0.2, 0.25) is 0 Å². The quantitative estimate of drug-likeness (QED) is 0.876. The van der Waals surface area contributed by atoms with Gasteiger partial charge in [-0.3, -0.25) is 4.21 Å². The first kappa shape index (κ1) is 16.0. The van der Waals surface area contributed by atoms with Crippen molar-refractivity contribution in [3.8, 4) is 5.75 Å². The van der Waals surface area contributed by atoms with Gasteiger partial charge in [0.25, 0.3) is 0 Å². The summed E-state index contributed by atoms with van der Waals surface area (Å²) in [7, 11) is -0.922. The Hall–Kier alpha value is -1.08. The minimum absolute atomic E-state index is 0.00499. The summed E-state index contributed by atoms with van der Waals surface area (Å²) < 4.78 is 51.1. The van der Waals surface area contributed by atoms with Crippen LogP contribution in [-0.4, -0.2) is 28.6 Å². The highest BCUT2D eigenvalue weighted by molar-refractivity contribution is 7.84. The smallest absolute Gasteiger partial charge is 0.406 e. The molecule has 0 fully saturated rings. The molecule has 0 saturated carbocycles.